The Morgan fingerprint density at radius 3 is 1.44 bits per heavy atom. The van der Waals surface area contributed by atoms with Gasteiger partial charge in [-0.25, -0.2) is 0 Å². The predicted molar refractivity (Wildman–Crippen MR) is 53.7 cm³/mol. The minimum atomic E-state index is 0. The molecule has 0 saturated heterocycles. The van der Waals surface area contributed by atoms with Gasteiger partial charge >= 0.3 is 24.4 Å². The fourth-order valence-corrected chi connectivity index (χ4v) is 0.158. The molecule has 0 amide bonds. The van der Waals surface area contributed by atoms with Crippen molar-refractivity contribution in [3.8, 4) is 0 Å². The van der Waals surface area contributed by atoms with Crippen molar-refractivity contribution in [2.24, 2.45) is 0 Å². The zero-order chi connectivity index (χ0) is 4.12. The van der Waals surface area contributed by atoms with Crippen LogP contribution in [-0.2, 0) is 0 Å². The third kappa shape index (κ3) is 42.4. The van der Waals surface area contributed by atoms with E-state index in [-0.39, 0.29) is 61.6 Å². The Hall–Kier alpha value is 1.65. The molecule has 0 aromatic carbocycles. The molecule has 0 aliphatic carbocycles. The van der Waals surface area contributed by atoms with E-state index in [2.05, 4.69) is 6.92 Å². The summed E-state index contributed by atoms with van der Waals surface area (Å²) in [7, 11) is 0. The number of aliphatic hydroxyl groups excluding tert-OH is 1. The predicted octanol–water partition coefficient (Wildman–Crippen LogP) is 0.860. The van der Waals surface area contributed by atoms with Gasteiger partial charge in [0.2, 0.25) is 0 Å². The molecule has 5 heteroatoms. The molecule has 0 aliphatic rings. The van der Waals surface area contributed by atoms with Gasteiger partial charge in [0.1, 0.15) is 0 Å². The summed E-state index contributed by atoms with van der Waals surface area (Å²) in [5.74, 6) is 0. The van der Waals surface area contributed by atoms with E-state index in [4.69, 9.17) is 5.11 Å². The summed E-state index contributed by atoms with van der Waals surface area (Å²) in [6, 6.07) is 0. The maximum atomic E-state index is 8.07. The number of hydrogen-bond acceptors (Lipinski definition) is 1. The van der Waals surface area contributed by atoms with Gasteiger partial charge in [0, 0.05) is 6.61 Å². The summed E-state index contributed by atoms with van der Waals surface area (Å²) in [5.41, 5.74) is 0. The molecule has 0 rings (SSSR count). The van der Waals surface area contributed by atoms with E-state index >= 15 is 0 Å². The maximum absolute atomic E-state index is 8.07. The van der Waals surface area contributed by atoms with Gasteiger partial charge in [-0.15, -0.1) is 37.2 Å². The molecule has 0 radical (unpaired) electrons. The summed E-state index contributed by atoms with van der Waals surface area (Å²) < 4.78 is 0. The summed E-state index contributed by atoms with van der Waals surface area (Å²) >= 11 is 0. The molecule has 0 atom stereocenters. The zero-order valence-electron chi connectivity index (χ0n) is 5.50. The van der Waals surface area contributed by atoms with Gasteiger partial charge < -0.3 is 5.11 Å². The van der Waals surface area contributed by atoms with E-state index in [1.807, 2.05) is 0 Å². The molecular formula is C4H16Cl3OSb. The summed E-state index contributed by atoms with van der Waals surface area (Å²) in [4.78, 5) is 0. The fourth-order valence-electron chi connectivity index (χ4n) is 0.158. The van der Waals surface area contributed by atoms with Crippen LogP contribution in [0.3, 0.4) is 0 Å². The summed E-state index contributed by atoms with van der Waals surface area (Å²) in [6.45, 7) is 2.40. The van der Waals surface area contributed by atoms with Gasteiger partial charge in [-0.2, -0.15) is 0 Å². The molecule has 0 fully saturated rings. The second-order valence-electron chi connectivity index (χ2n) is 1.08. The Morgan fingerprint density at radius 1 is 1.11 bits per heavy atom. The molecule has 1 nitrogen and oxygen atoms in total. The molecule has 0 aliphatic heterocycles. The average molecular weight is 308 g/mol. The Labute approximate surface area is 92.7 Å². The second-order valence-corrected chi connectivity index (χ2v) is 1.08. The van der Waals surface area contributed by atoms with Gasteiger partial charge in [0.15, 0.2) is 0 Å². The minimum absolute atomic E-state index is 0. The van der Waals surface area contributed by atoms with E-state index < -0.39 is 0 Å². The Morgan fingerprint density at radius 2 is 1.44 bits per heavy atom. The number of unbranched alkanes of at least 4 members (excludes halogenated alkanes) is 1. The quantitative estimate of drug-likeness (QED) is 0.750. The number of halogens is 3. The standard InChI is InChI=1S/C4H10O.3ClH.Sb.3H/c1-2-3-4-5;;;;;;;/h5H,2-4H2,1H3;3*1H;;;;. The van der Waals surface area contributed by atoms with Gasteiger partial charge in [0.05, 0.1) is 0 Å². The molecule has 0 aromatic rings. The molecule has 0 spiro atoms. The molecular weight excluding hydrogens is 292 g/mol. The zero-order valence-corrected chi connectivity index (χ0v) is 12.0. The van der Waals surface area contributed by atoms with E-state index in [1.165, 1.54) is 0 Å². The normalized spacial score (nSPS) is 4.67. The van der Waals surface area contributed by atoms with Crippen molar-refractivity contribution in [1.82, 2.24) is 0 Å². The number of aliphatic hydroxyl groups is 1. The third-order valence-corrected chi connectivity index (χ3v) is 0.512. The van der Waals surface area contributed by atoms with E-state index in [0.717, 1.165) is 12.8 Å². The van der Waals surface area contributed by atoms with Crippen molar-refractivity contribution >= 4 is 61.6 Å². The third-order valence-electron chi connectivity index (χ3n) is 0.512. The first-order valence-electron chi connectivity index (χ1n) is 2.02. The topological polar surface area (TPSA) is 20.2 Å². The van der Waals surface area contributed by atoms with Crippen LogP contribution in [0.15, 0.2) is 0 Å². The van der Waals surface area contributed by atoms with Crippen molar-refractivity contribution in [1.29, 1.82) is 0 Å². The van der Waals surface area contributed by atoms with Gasteiger partial charge in [-0.05, 0) is 6.42 Å². The molecule has 0 unspecified atom stereocenters. The van der Waals surface area contributed by atoms with Crippen LogP contribution >= 0.6 is 37.2 Å². The molecule has 0 saturated carbocycles. The molecule has 0 bridgehead atoms. The van der Waals surface area contributed by atoms with E-state index in [0.29, 0.717) is 6.61 Å². The van der Waals surface area contributed by atoms with E-state index in [1.54, 1.807) is 0 Å². The van der Waals surface area contributed by atoms with E-state index in [9.17, 15) is 0 Å². The van der Waals surface area contributed by atoms with Crippen LogP contribution in [0, 0.1) is 0 Å². The summed E-state index contributed by atoms with van der Waals surface area (Å²) in [6.07, 6.45) is 2.04. The molecule has 9 heavy (non-hydrogen) atoms. The molecule has 0 aromatic heterocycles. The van der Waals surface area contributed by atoms with Gasteiger partial charge in [-0.1, -0.05) is 13.3 Å². The monoisotopic (exact) mass is 306 g/mol. The first-order chi connectivity index (χ1) is 2.41. The van der Waals surface area contributed by atoms with Gasteiger partial charge in [-0.3, -0.25) is 0 Å². The first kappa shape index (κ1) is 31.1. The van der Waals surface area contributed by atoms with Crippen molar-refractivity contribution in [2.75, 3.05) is 6.61 Å². The van der Waals surface area contributed by atoms with Crippen molar-refractivity contribution in [3.05, 3.63) is 0 Å². The Kier molecular flexibility index (Phi) is 115. The Bertz CT molecular complexity index is 23.3. The van der Waals surface area contributed by atoms with Crippen LogP contribution in [0.1, 0.15) is 19.8 Å². The number of rotatable bonds is 2. The summed E-state index contributed by atoms with van der Waals surface area (Å²) in [5, 5.41) is 8.07. The second kappa shape index (κ2) is 33.4. The van der Waals surface area contributed by atoms with Crippen LogP contribution in [0.5, 0.6) is 0 Å². The SMILES string of the molecule is CCCCO.Cl.Cl.Cl.[SbH3]. The molecule has 0 heterocycles. The molecule has 64 valence electrons. The average Bonchev–Trinajstić information content (AvgIpc) is 1.41. The van der Waals surface area contributed by atoms with Crippen LogP contribution in [-0.4, -0.2) is 36.1 Å². The fraction of sp³-hybridized carbons (Fsp3) is 1.00. The van der Waals surface area contributed by atoms with Crippen molar-refractivity contribution in [2.45, 2.75) is 19.8 Å². The molecule has 1 N–H and O–H groups in total. The number of hydrogen-bond donors (Lipinski definition) is 1. The van der Waals surface area contributed by atoms with Crippen LogP contribution in [0.25, 0.3) is 0 Å². The van der Waals surface area contributed by atoms with Gasteiger partial charge in [0.25, 0.3) is 0 Å². The Balaban J connectivity index is -0.0000000133. The van der Waals surface area contributed by atoms with Crippen molar-refractivity contribution < 1.29 is 5.11 Å². The first-order valence-corrected chi connectivity index (χ1v) is 2.02. The van der Waals surface area contributed by atoms with Crippen LogP contribution in [0.2, 0.25) is 0 Å². The van der Waals surface area contributed by atoms with Crippen molar-refractivity contribution in [3.63, 3.8) is 0 Å². The van der Waals surface area contributed by atoms with Crippen LogP contribution < -0.4 is 0 Å². The van der Waals surface area contributed by atoms with Crippen LogP contribution in [0.4, 0.5) is 0 Å².